The number of imide groups is 1. The molecule has 0 saturated carbocycles. The summed E-state index contributed by atoms with van der Waals surface area (Å²) in [7, 11) is 0. The van der Waals surface area contributed by atoms with E-state index in [1.54, 1.807) is 30.3 Å². The molecule has 25 heavy (non-hydrogen) atoms. The molecule has 1 fully saturated rings. The largest absolute Gasteiger partial charge is 0.481 e. The Morgan fingerprint density at radius 2 is 1.96 bits per heavy atom. The van der Waals surface area contributed by atoms with E-state index < -0.39 is 29.7 Å². The van der Waals surface area contributed by atoms with Gasteiger partial charge >= 0.3 is 6.03 Å². The van der Waals surface area contributed by atoms with Gasteiger partial charge in [0.05, 0.1) is 0 Å². The molecule has 1 aliphatic rings. The van der Waals surface area contributed by atoms with Crippen LogP contribution in [0.5, 0.6) is 5.75 Å². The number of urea groups is 1. The number of carbonyl (C=O) groups is 3. The maximum Gasteiger partial charge on any atom is 0.322 e. The SMILES string of the molecule is O=C(COc1ccccc1F)Nc1cccc(C2NC(=O)NC2=O)c1. The molecule has 1 aliphatic heterocycles. The Morgan fingerprint density at radius 1 is 1.16 bits per heavy atom. The zero-order chi connectivity index (χ0) is 17.8. The summed E-state index contributed by atoms with van der Waals surface area (Å²) in [5.41, 5.74) is 0.949. The van der Waals surface area contributed by atoms with Crippen molar-refractivity contribution in [2.24, 2.45) is 0 Å². The first kappa shape index (κ1) is 16.4. The number of carbonyl (C=O) groups excluding carboxylic acids is 3. The second-order valence-corrected chi connectivity index (χ2v) is 5.29. The van der Waals surface area contributed by atoms with Crippen LogP contribution in [0.4, 0.5) is 14.9 Å². The van der Waals surface area contributed by atoms with Gasteiger partial charge in [0.2, 0.25) is 0 Å². The first-order valence-corrected chi connectivity index (χ1v) is 7.41. The van der Waals surface area contributed by atoms with Gasteiger partial charge in [-0.1, -0.05) is 24.3 Å². The Hall–Kier alpha value is -3.42. The fourth-order valence-electron chi connectivity index (χ4n) is 2.35. The summed E-state index contributed by atoms with van der Waals surface area (Å²) >= 11 is 0. The Bertz CT molecular complexity index is 840. The number of ether oxygens (including phenoxy) is 1. The normalized spacial score (nSPS) is 16.1. The molecule has 3 N–H and O–H groups in total. The summed E-state index contributed by atoms with van der Waals surface area (Å²) in [5.74, 6) is -1.52. The molecular formula is C17H14FN3O4. The van der Waals surface area contributed by atoms with E-state index in [1.807, 2.05) is 0 Å². The number of para-hydroxylation sites is 1. The third-order valence-electron chi connectivity index (χ3n) is 3.47. The molecule has 0 aliphatic carbocycles. The fourth-order valence-corrected chi connectivity index (χ4v) is 2.35. The lowest BCUT2D eigenvalue weighted by atomic mass is 10.1. The lowest BCUT2D eigenvalue weighted by molar-refractivity contribution is -0.120. The molecule has 3 rings (SSSR count). The summed E-state index contributed by atoms with van der Waals surface area (Å²) in [6.07, 6.45) is 0. The molecule has 0 spiro atoms. The standard InChI is InChI=1S/C17H14FN3O4/c18-12-6-1-2-7-13(12)25-9-14(22)19-11-5-3-4-10(8-11)15-16(23)21-17(24)20-15/h1-8,15H,9H2,(H,19,22)(H2,20,21,23,24). The van der Waals surface area contributed by atoms with Crippen molar-refractivity contribution in [2.75, 3.05) is 11.9 Å². The first-order chi connectivity index (χ1) is 12.0. The summed E-state index contributed by atoms with van der Waals surface area (Å²) in [6, 6.07) is 10.9. The van der Waals surface area contributed by atoms with Crippen molar-refractivity contribution in [2.45, 2.75) is 6.04 Å². The van der Waals surface area contributed by atoms with Crippen LogP contribution in [0.3, 0.4) is 0 Å². The topological polar surface area (TPSA) is 96.5 Å². The van der Waals surface area contributed by atoms with Gasteiger partial charge in [-0.2, -0.15) is 0 Å². The third kappa shape index (κ3) is 3.92. The summed E-state index contributed by atoms with van der Waals surface area (Å²) in [5, 5.41) is 7.20. The van der Waals surface area contributed by atoms with E-state index in [-0.39, 0.29) is 12.4 Å². The second-order valence-electron chi connectivity index (χ2n) is 5.29. The Balaban J connectivity index is 1.62. The average Bonchev–Trinajstić information content (AvgIpc) is 2.93. The molecule has 0 aromatic heterocycles. The van der Waals surface area contributed by atoms with Crippen molar-refractivity contribution < 1.29 is 23.5 Å². The van der Waals surface area contributed by atoms with Crippen LogP contribution < -0.4 is 20.7 Å². The minimum absolute atomic E-state index is 0.0169. The van der Waals surface area contributed by atoms with E-state index in [0.29, 0.717) is 11.3 Å². The van der Waals surface area contributed by atoms with Gasteiger partial charge in [0, 0.05) is 5.69 Å². The van der Waals surface area contributed by atoms with Crippen LogP contribution >= 0.6 is 0 Å². The molecule has 8 heteroatoms. The highest BCUT2D eigenvalue weighted by molar-refractivity contribution is 6.04. The van der Waals surface area contributed by atoms with Crippen LogP contribution in [0.1, 0.15) is 11.6 Å². The maximum atomic E-state index is 13.4. The molecule has 1 unspecified atom stereocenters. The minimum atomic E-state index is -0.806. The van der Waals surface area contributed by atoms with Crippen molar-refractivity contribution in [3.8, 4) is 5.75 Å². The maximum absolute atomic E-state index is 13.4. The van der Waals surface area contributed by atoms with Gasteiger partial charge in [-0.05, 0) is 29.8 Å². The average molecular weight is 343 g/mol. The van der Waals surface area contributed by atoms with E-state index in [9.17, 15) is 18.8 Å². The Labute approximate surface area is 142 Å². The predicted molar refractivity (Wildman–Crippen MR) is 86.4 cm³/mol. The van der Waals surface area contributed by atoms with Crippen LogP contribution in [0.15, 0.2) is 48.5 Å². The van der Waals surface area contributed by atoms with Gasteiger partial charge in [-0.15, -0.1) is 0 Å². The van der Waals surface area contributed by atoms with Gasteiger partial charge in [0.25, 0.3) is 11.8 Å². The van der Waals surface area contributed by atoms with E-state index in [1.165, 1.54) is 18.2 Å². The van der Waals surface area contributed by atoms with Crippen molar-refractivity contribution in [1.82, 2.24) is 10.6 Å². The van der Waals surface area contributed by atoms with E-state index in [4.69, 9.17) is 4.74 Å². The molecule has 1 atom stereocenters. The molecule has 0 bridgehead atoms. The summed E-state index contributed by atoms with van der Waals surface area (Å²) in [4.78, 5) is 34.8. The molecule has 7 nitrogen and oxygen atoms in total. The van der Waals surface area contributed by atoms with Crippen LogP contribution in [0, 0.1) is 5.82 Å². The molecule has 2 aromatic rings. The zero-order valence-corrected chi connectivity index (χ0v) is 12.9. The number of anilines is 1. The number of amides is 4. The van der Waals surface area contributed by atoms with Crippen molar-refractivity contribution >= 4 is 23.5 Å². The number of nitrogens with one attached hydrogen (secondary N) is 3. The van der Waals surface area contributed by atoms with Crippen LogP contribution in [-0.4, -0.2) is 24.5 Å². The zero-order valence-electron chi connectivity index (χ0n) is 12.9. The molecule has 0 radical (unpaired) electrons. The molecule has 1 heterocycles. The monoisotopic (exact) mass is 343 g/mol. The highest BCUT2D eigenvalue weighted by Crippen LogP contribution is 2.20. The van der Waals surface area contributed by atoms with Crippen molar-refractivity contribution in [3.63, 3.8) is 0 Å². The number of rotatable bonds is 5. The molecule has 1 saturated heterocycles. The summed E-state index contributed by atoms with van der Waals surface area (Å²) in [6.45, 7) is -0.369. The number of benzene rings is 2. The quantitative estimate of drug-likeness (QED) is 0.720. The van der Waals surface area contributed by atoms with E-state index >= 15 is 0 Å². The first-order valence-electron chi connectivity index (χ1n) is 7.41. The molecular weight excluding hydrogens is 329 g/mol. The minimum Gasteiger partial charge on any atom is -0.481 e. The fraction of sp³-hybridized carbons (Fsp3) is 0.118. The lowest BCUT2D eigenvalue weighted by Gasteiger charge is -2.11. The predicted octanol–water partition coefficient (Wildman–Crippen LogP) is 1.72. The number of hydrogen-bond donors (Lipinski definition) is 3. The van der Waals surface area contributed by atoms with Gasteiger partial charge in [-0.3, -0.25) is 14.9 Å². The summed E-state index contributed by atoms with van der Waals surface area (Å²) < 4.78 is 18.6. The van der Waals surface area contributed by atoms with Gasteiger partial charge in [0.1, 0.15) is 6.04 Å². The van der Waals surface area contributed by atoms with Crippen LogP contribution in [0.2, 0.25) is 0 Å². The van der Waals surface area contributed by atoms with Gasteiger partial charge < -0.3 is 15.4 Å². The Morgan fingerprint density at radius 3 is 2.68 bits per heavy atom. The second kappa shape index (κ2) is 7.00. The van der Waals surface area contributed by atoms with Crippen LogP contribution in [0.25, 0.3) is 0 Å². The Kier molecular flexibility index (Phi) is 4.60. The van der Waals surface area contributed by atoms with E-state index in [0.717, 1.165) is 0 Å². The van der Waals surface area contributed by atoms with E-state index in [2.05, 4.69) is 16.0 Å². The molecule has 4 amide bonds. The van der Waals surface area contributed by atoms with Crippen LogP contribution in [-0.2, 0) is 9.59 Å². The molecule has 128 valence electrons. The van der Waals surface area contributed by atoms with Crippen molar-refractivity contribution in [1.29, 1.82) is 0 Å². The highest BCUT2D eigenvalue weighted by Gasteiger charge is 2.30. The number of halogens is 1. The van der Waals surface area contributed by atoms with Gasteiger partial charge in [0.15, 0.2) is 18.2 Å². The smallest absolute Gasteiger partial charge is 0.322 e. The molecule has 2 aromatic carbocycles. The van der Waals surface area contributed by atoms with Crippen molar-refractivity contribution in [3.05, 3.63) is 59.9 Å². The lowest BCUT2D eigenvalue weighted by Crippen LogP contribution is -2.22. The third-order valence-corrected chi connectivity index (χ3v) is 3.47. The highest BCUT2D eigenvalue weighted by atomic mass is 19.1. The number of hydrogen-bond acceptors (Lipinski definition) is 4. The van der Waals surface area contributed by atoms with Gasteiger partial charge in [-0.25, -0.2) is 9.18 Å².